The molecule has 0 saturated carbocycles. The number of aromatic nitrogens is 1. The summed E-state index contributed by atoms with van der Waals surface area (Å²) in [4.78, 5) is 17.2. The summed E-state index contributed by atoms with van der Waals surface area (Å²) in [7, 11) is 3.39. The normalized spacial score (nSPS) is 9.62. The first-order valence-electron chi connectivity index (χ1n) is 4.70. The molecular weight excluding hydrogens is 224 g/mol. The van der Waals surface area contributed by atoms with E-state index in [9.17, 15) is 4.79 Å². The molecule has 0 spiro atoms. The number of carbonyl (C=O) groups excluding carboxylic acids is 1. The second-order valence-corrected chi connectivity index (χ2v) is 3.88. The molecule has 1 aromatic rings. The third-order valence-electron chi connectivity index (χ3n) is 1.96. The second-order valence-electron chi connectivity index (χ2n) is 3.44. The van der Waals surface area contributed by atoms with Crippen molar-refractivity contribution < 1.29 is 4.79 Å². The Morgan fingerprint density at radius 3 is 2.88 bits per heavy atom. The fourth-order valence-electron chi connectivity index (χ4n) is 1.00. The fourth-order valence-corrected chi connectivity index (χ4v) is 1.13. The topological polar surface area (TPSA) is 71.2 Å². The van der Waals surface area contributed by atoms with Crippen LogP contribution < -0.4 is 11.1 Å². The van der Waals surface area contributed by atoms with E-state index < -0.39 is 0 Å². The van der Waals surface area contributed by atoms with Gasteiger partial charge in [0.25, 0.3) is 0 Å². The number of hydrogen-bond donors (Lipinski definition) is 2. The van der Waals surface area contributed by atoms with Crippen LogP contribution in [0, 0.1) is 0 Å². The lowest BCUT2D eigenvalue weighted by atomic mass is 10.2. The lowest BCUT2D eigenvalue weighted by Gasteiger charge is -2.11. The number of nitrogens with two attached hydrogens (primary N) is 1. The minimum absolute atomic E-state index is 0.0254. The van der Waals surface area contributed by atoms with Crippen LogP contribution in [0.15, 0.2) is 18.3 Å². The van der Waals surface area contributed by atoms with Gasteiger partial charge in [0.1, 0.15) is 10.8 Å². The number of likely N-dealkylation sites (N-methyl/N-ethyl adjacent to an activating group) is 1. The molecule has 3 N–H and O–H groups in total. The van der Waals surface area contributed by atoms with E-state index in [2.05, 4.69) is 10.3 Å². The highest BCUT2D eigenvalue weighted by Crippen LogP contribution is 2.06. The predicted octanol–water partition coefficient (Wildman–Crippen LogP) is 0.216. The van der Waals surface area contributed by atoms with Crippen molar-refractivity contribution in [3.05, 3.63) is 23.9 Å². The maximum absolute atomic E-state index is 11.3. The third kappa shape index (κ3) is 3.47. The van der Waals surface area contributed by atoms with Crippen molar-refractivity contribution >= 4 is 28.9 Å². The van der Waals surface area contributed by atoms with Gasteiger partial charge in [-0.2, -0.15) is 0 Å². The molecule has 0 aromatic carbocycles. The summed E-state index contributed by atoms with van der Waals surface area (Å²) in [6, 6.07) is 3.44. The molecule has 86 valence electrons. The quantitative estimate of drug-likeness (QED) is 0.734. The summed E-state index contributed by atoms with van der Waals surface area (Å²) in [5.74, 6) is 0.558. The van der Waals surface area contributed by atoms with Gasteiger partial charge >= 0.3 is 0 Å². The molecule has 5 nitrogen and oxygen atoms in total. The highest BCUT2D eigenvalue weighted by atomic mass is 32.1. The molecule has 1 rings (SSSR count). The van der Waals surface area contributed by atoms with Crippen LogP contribution >= 0.6 is 12.2 Å². The zero-order chi connectivity index (χ0) is 12.1. The van der Waals surface area contributed by atoms with Crippen molar-refractivity contribution in [2.45, 2.75) is 0 Å². The van der Waals surface area contributed by atoms with Crippen LogP contribution in [0.2, 0.25) is 0 Å². The van der Waals surface area contributed by atoms with Gasteiger partial charge in [-0.15, -0.1) is 0 Å². The summed E-state index contributed by atoms with van der Waals surface area (Å²) in [6.45, 7) is 0.195. The van der Waals surface area contributed by atoms with Gasteiger partial charge in [-0.05, 0) is 12.1 Å². The first kappa shape index (κ1) is 12.4. The number of carbonyl (C=O) groups is 1. The van der Waals surface area contributed by atoms with Crippen LogP contribution in [0.3, 0.4) is 0 Å². The molecule has 1 heterocycles. The Balaban J connectivity index is 2.64. The summed E-state index contributed by atoms with van der Waals surface area (Å²) >= 11 is 4.85. The third-order valence-corrected chi connectivity index (χ3v) is 2.20. The van der Waals surface area contributed by atoms with Crippen LogP contribution in [-0.2, 0) is 4.79 Å². The summed E-state index contributed by atoms with van der Waals surface area (Å²) in [5.41, 5.74) is 6.21. The van der Waals surface area contributed by atoms with Crippen LogP contribution in [0.1, 0.15) is 5.56 Å². The zero-order valence-corrected chi connectivity index (χ0v) is 10.0. The van der Waals surface area contributed by atoms with Crippen LogP contribution in [0.4, 0.5) is 5.82 Å². The minimum atomic E-state index is -0.0254. The molecule has 0 atom stereocenters. The van der Waals surface area contributed by atoms with E-state index in [4.69, 9.17) is 18.0 Å². The predicted molar refractivity (Wildman–Crippen MR) is 67.3 cm³/mol. The average molecular weight is 238 g/mol. The standard InChI is InChI=1S/C10H14N4OS/c1-14(2)9(15)6-13-8-5-7(10(11)16)3-4-12-8/h3-5H,6H2,1-2H3,(H2,11,16)(H,12,13). The summed E-state index contributed by atoms with van der Waals surface area (Å²) < 4.78 is 0. The molecule has 0 unspecified atom stereocenters. The SMILES string of the molecule is CN(C)C(=O)CNc1cc(C(N)=S)ccn1. The van der Waals surface area contributed by atoms with E-state index in [-0.39, 0.29) is 12.5 Å². The lowest BCUT2D eigenvalue weighted by Crippen LogP contribution is -2.28. The summed E-state index contributed by atoms with van der Waals surface area (Å²) in [6.07, 6.45) is 1.59. The molecule has 1 aromatic heterocycles. The molecule has 0 aliphatic carbocycles. The van der Waals surface area contributed by atoms with Crippen molar-refractivity contribution in [1.82, 2.24) is 9.88 Å². The molecule has 0 fully saturated rings. The van der Waals surface area contributed by atoms with Crippen LogP contribution in [0.5, 0.6) is 0 Å². The average Bonchev–Trinajstić information content (AvgIpc) is 2.26. The molecule has 0 aliphatic heterocycles. The summed E-state index contributed by atoms with van der Waals surface area (Å²) in [5, 5.41) is 2.90. The number of hydrogen-bond acceptors (Lipinski definition) is 4. The molecule has 0 saturated heterocycles. The molecule has 16 heavy (non-hydrogen) atoms. The molecular formula is C10H14N4OS. The number of thiocarbonyl (C=S) groups is 1. The van der Waals surface area contributed by atoms with E-state index >= 15 is 0 Å². The monoisotopic (exact) mass is 238 g/mol. The number of nitrogens with zero attached hydrogens (tertiary/aromatic N) is 2. The van der Waals surface area contributed by atoms with E-state index in [0.29, 0.717) is 10.8 Å². The molecule has 0 aliphatic rings. The van der Waals surface area contributed by atoms with E-state index in [1.807, 2.05) is 0 Å². The van der Waals surface area contributed by atoms with Crippen molar-refractivity contribution in [2.24, 2.45) is 5.73 Å². The first-order valence-corrected chi connectivity index (χ1v) is 5.11. The molecule has 6 heteroatoms. The Kier molecular flexibility index (Phi) is 4.19. The highest BCUT2D eigenvalue weighted by Gasteiger charge is 2.04. The van der Waals surface area contributed by atoms with Gasteiger partial charge in [0, 0.05) is 25.9 Å². The maximum Gasteiger partial charge on any atom is 0.241 e. The number of anilines is 1. The van der Waals surface area contributed by atoms with Gasteiger partial charge in [-0.1, -0.05) is 12.2 Å². The molecule has 0 bridgehead atoms. The Hall–Kier alpha value is -1.69. The Morgan fingerprint density at radius 2 is 2.31 bits per heavy atom. The molecule has 0 radical (unpaired) electrons. The smallest absolute Gasteiger partial charge is 0.241 e. The van der Waals surface area contributed by atoms with Crippen molar-refractivity contribution in [2.75, 3.05) is 26.0 Å². The van der Waals surface area contributed by atoms with Gasteiger partial charge in [-0.3, -0.25) is 4.79 Å². The van der Waals surface area contributed by atoms with Gasteiger partial charge in [0.15, 0.2) is 0 Å². The van der Waals surface area contributed by atoms with Gasteiger partial charge in [-0.25, -0.2) is 4.98 Å². The van der Waals surface area contributed by atoms with E-state index in [1.165, 1.54) is 4.90 Å². The zero-order valence-electron chi connectivity index (χ0n) is 9.23. The van der Waals surface area contributed by atoms with E-state index in [0.717, 1.165) is 5.56 Å². The van der Waals surface area contributed by atoms with Crippen molar-refractivity contribution in [3.63, 3.8) is 0 Å². The van der Waals surface area contributed by atoms with Crippen molar-refractivity contribution in [1.29, 1.82) is 0 Å². The Labute approximate surface area is 99.6 Å². The van der Waals surface area contributed by atoms with Crippen molar-refractivity contribution in [3.8, 4) is 0 Å². The molecule has 1 amide bonds. The Bertz CT molecular complexity index is 406. The van der Waals surface area contributed by atoms with Crippen LogP contribution in [-0.4, -0.2) is 41.4 Å². The fraction of sp³-hybridized carbons (Fsp3) is 0.300. The second kappa shape index (κ2) is 5.41. The van der Waals surface area contributed by atoms with Gasteiger partial charge < -0.3 is 16.0 Å². The van der Waals surface area contributed by atoms with E-state index in [1.54, 1.807) is 32.4 Å². The lowest BCUT2D eigenvalue weighted by molar-refractivity contribution is -0.126. The number of pyridine rings is 1. The van der Waals surface area contributed by atoms with Crippen LogP contribution in [0.25, 0.3) is 0 Å². The van der Waals surface area contributed by atoms with Gasteiger partial charge in [0.2, 0.25) is 5.91 Å². The van der Waals surface area contributed by atoms with Gasteiger partial charge in [0.05, 0.1) is 6.54 Å². The highest BCUT2D eigenvalue weighted by molar-refractivity contribution is 7.80. The largest absolute Gasteiger partial charge is 0.389 e. The maximum atomic E-state index is 11.3. The minimum Gasteiger partial charge on any atom is -0.389 e. The number of nitrogens with one attached hydrogen (secondary N) is 1. The number of amides is 1. The Morgan fingerprint density at radius 1 is 1.62 bits per heavy atom. The first-order chi connectivity index (χ1) is 7.50. The number of rotatable bonds is 4.